The van der Waals surface area contributed by atoms with Gasteiger partial charge in [0.05, 0.1) is 5.56 Å². The van der Waals surface area contributed by atoms with Crippen LogP contribution in [0.5, 0.6) is 5.75 Å². The third-order valence-electron chi connectivity index (χ3n) is 2.83. The second-order valence-electron chi connectivity index (χ2n) is 4.29. The Bertz CT molecular complexity index is 683. The molecule has 108 valence electrons. The van der Waals surface area contributed by atoms with Crippen LogP contribution in [0.1, 0.15) is 26.3 Å². The minimum Gasteiger partial charge on any atom is -0.489 e. The van der Waals surface area contributed by atoms with Gasteiger partial charge in [0.1, 0.15) is 12.4 Å². The zero-order chi connectivity index (χ0) is 15.4. The van der Waals surface area contributed by atoms with Gasteiger partial charge in [-0.1, -0.05) is 22.0 Å². The van der Waals surface area contributed by atoms with Crippen LogP contribution in [-0.2, 0) is 6.61 Å². The van der Waals surface area contributed by atoms with Crippen molar-refractivity contribution in [2.45, 2.75) is 6.61 Å². The van der Waals surface area contributed by atoms with Crippen LogP contribution in [0.25, 0.3) is 0 Å². The lowest BCUT2D eigenvalue weighted by Crippen LogP contribution is -2.10. The van der Waals surface area contributed by atoms with E-state index in [1.165, 1.54) is 12.1 Å². The summed E-state index contributed by atoms with van der Waals surface area (Å²) in [5.41, 5.74) is 6.59. The third kappa shape index (κ3) is 3.82. The van der Waals surface area contributed by atoms with Crippen LogP contribution >= 0.6 is 15.9 Å². The molecule has 0 atom stereocenters. The van der Waals surface area contributed by atoms with E-state index < -0.39 is 11.9 Å². The molecule has 0 saturated heterocycles. The molecule has 5 nitrogen and oxygen atoms in total. The van der Waals surface area contributed by atoms with E-state index in [9.17, 15) is 9.59 Å². The summed E-state index contributed by atoms with van der Waals surface area (Å²) >= 11 is 3.32. The lowest BCUT2D eigenvalue weighted by Gasteiger charge is -2.09. The average molecular weight is 350 g/mol. The average Bonchev–Trinajstić information content (AvgIpc) is 2.46. The number of primary amides is 1. The Balaban J connectivity index is 2.06. The number of ether oxygens (including phenoxy) is 1. The van der Waals surface area contributed by atoms with Crippen molar-refractivity contribution in [1.82, 2.24) is 0 Å². The van der Waals surface area contributed by atoms with E-state index in [4.69, 9.17) is 15.6 Å². The fourth-order valence-electron chi connectivity index (χ4n) is 1.67. The summed E-state index contributed by atoms with van der Waals surface area (Å²) in [4.78, 5) is 21.8. The molecule has 0 heterocycles. The highest BCUT2D eigenvalue weighted by Gasteiger charge is 2.07. The number of nitrogens with two attached hydrogens (primary N) is 1. The number of hydrogen-bond donors (Lipinski definition) is 2. The van der Waals surface area contributed by atoms with E-state index in [1.54, 1.807) is 30.3 Å². The summed E-state index contributed by atoms with van der Waals surface area (Å²) in [7, 11) is 0. The number of carbonyl (C=O) groups is 2. The minimum atomic E-state index is -0.981. The Kier molecular flexibility index (Phi) is 4.59. The Morgan fingerprint density at radius 3 is 2.24 bits per heavy atom. The zero-order valence-corrected chi connectivity index (χ0v) is 12.5. The SMILES string of the molecule is NC(=O)c1ccc(OCc2ccc(C(=O)O)cc2Br)cc1. The van der Waals surface area contributed by atoms with Gasteiger partial charge < -0.3 is 15.6 Å². The fraction of sp³-hybridized carbons (Fsp3) is 0.0667. The molecule has 0 aromatic heterocycles. The molecular weight excluding hydrogens is 338 g/mol. The summed E-state index contributed by atoms with van der Waals surface area (Å²) in [6.07, 6.45) is 0. The highest BCUT2D eigenvalue weighted by molar-refractivity contribution is 9.10. The summed E-state index contributed by atoms with van der Waals surface area (Å²) in [5.74, 6) is -0.882. The second-order valence-corrected chi connectivity index (χ2v) is 5.14. The third-order valence-corrected chi connectivity index (χ3v) is 3.57. The van der Waals surface area contributed by atoms with Gasteiger partial charge in [-0.05, 0) is 36.4 Å². The van der Waals surface area contributed by atoms with Gasteiger partial charge in [0.2, 0.25) is 5.91 Å². The Labute approximate surface area is 129 Å². The minimum absolute atomic E-state index is 0.205. The van der Waals surface area contributed by atoms with Crippen molar-refractivity contribution in [2.75, 3.05) is 0 Å². The van der Waals surface area contributed by atoms with Crippen molar-refractivity contribution in [1.29, 1.82) is 0 Å². The summed E-state index contributed by atoms with van der Waals surface area (Å²) in [6.45, 7) is 0.274. The van der Waals surface area contributed by atoms with E-state index in [2.05, 4.69) is 15.9 Å². The van der Waals surface area contributed by atoms with Gasteiger partial charge in [-0.15, -0.1) is 0 Å². The van der Waals surface area contributed by atoms with Crippen LogP contribution in [0.2, 0.25) is 0 Å². The molecule has 2 aromatic carbocycles. The van der Waals surface area contributed by atoms with Crippen molar-refractivity contribution in [3.8, 4) is 5.75 Å². The molecule has 0 aliphatic heterocycles. The van der Waals surface area contributed by atoms with E-state index in [1.807, 2.05) is 0 Å². The van der Waals surface area contributed by atoms with E-state index in [0.29, 0.717) is 15.8 Å². The first-order valence-corrected chi connectivity index (χ1v) is 6.81. The van der Waals surface area contributed by atoms with Gasteiger partial charge in [0.25, 0.3) is 0 Å². The Morgan fingerprint density at radius 1 is 1.10 bits per heavy atom. The first kappa shape index (κ1) is 15.1. The molecule has 0 fully saturated rings. The molecule has 0 bridgehead atoms. The topological polar surface area (TPSA) is 89.6 Å². The molecule has 1 amide bonds. The maximum absolute atomic E-state index is 11.0. The van der Waals surface area contributed by atoms with Gasteiger partial charge in [-0.2, -0.15) is 0 Å². The van der Waals surface area contributed by atoms with Crippen molar-refractivity contribution in [3.05, 3.63) is 63.6 Å². The number of rotatable bonds is 5. The largest absolute Gasteiger partial charge is 0.489 e. The standard InChI is InChI=1S/C15H12BrNO4/c16-13-7-10(15(19)20)1-2-11(13)8-21-12-5-3-9(4-6-12)14(17)18/h1-7H,8H2,(H2,17,18)(H,19,20). The first-order chi connectivity index (χ1) is 9.97. The molecule has 0 aliphatic carbocycles. The molecule has 0 unspecified atom stereocenters. The van der Waals surface area contributed by atoms with Crippen LogP contribution in [0.3, 0.4) is 0 Å². The van der Waals surface area contributed by atoms with Crippen LogP contribution < -0.4 is 10.5 Å². The summed E-state index contributed by atoms with van der Waals surface area (Å²) in [6, 6.07) is 11.2. The highest BCUT2D eigenvalue weighted by Crippen LogP contribution is 2.21. The van der Waals surface area contributed by atoms with Crippen molar-refractivity contribution >= 4 is 27.8 Å². The lowest BCUT2D eigenvalue weighted by molar-refractivity contribution is 0.0696. The molecule has 0 radical (unpaired) electrons. The molecule has 21 heavy (non-hydrogen) atoms. The van der Waals surface area contributed by atoms with E-state index in [0.717, 1.165) is 5.56 Å². The first-order valence-electron chi connectivity index (χ1n) is 6.02. The molecule has 3 N–H and O–H groups in total. The number of aromatic carboxylic acids is 1. The number of carbonyl (C=O) groups excluding carboxylic acids is 1. The molecule has 0 spiro atoms. The molecular formula is C15H12BrNO4. The predicted octanol–water partition coefficient (Wildman–Crippen LogP) is 2.83. The van der Waals surface area contributed by atoms with Crippen LogP contribution in [0, 0.1) is 0 Å². The Morgan fingerprint density at radius 2 is 1.71 bits per heavy atom. The van der Waals surface area contributed by atoms with Gasteiger partial charge in [-0.3, -0.25) is 4.79 Å². The van der Waals surface area contributed by atoms with Crippen molar-refractivity contribution in [3.63, 3.8) is 0 Å². The smallest absolute Gasteiger partial charge is 0.335 e. The Hall–Kier alpha value is -2.34. The van der Waals surface area contributed by atoms with Crippen LogP contribution in [0.4, 0.5) is 0 Å². The zero-order valence-electron chi connectivity index (χ0n) is 10.9. The number of amides is 1. The van der Waals surface area contributed by atoms with Crippen LogP contribution in [-0.4, -0.2) is 17.0 Å². The van der Waals surface area contributed by atoms with Gasteiger partial charge in [-0.25, -0.2) is 4.79 Å². The number of carboxylic acid groups (broad SMARTS) is 1. The van der Waals surface area contributed by atoms with Crippen molar-refractivity contribution in [2.24, 2.45) is 5.73 Å². The van der Waals surface area contributed by atoms with E-state index in [-0.39, 0.29) is 12.2 Å². The molecule has 0 saturated carbocycles. The summed E-state index contributed by atoms with van der Waals surface area (Å²) in [5, 5.41) is 8.89. The predicted molar refractivity (Wildman–Crippen MR) is 80.4 cm³/mol. The quantitative estimate of drug-likeness (QED) is 0.868. The van der Waals surface area contributed by atoms with Crippen LogP contribution in [0.15, 0.2) is 46.9 Å². The van der Waals surface area contributed by atoms with Gasteiger partial charge in [0, 0.05) is 15.6 Å². The normalized spacial score (nSPS) is 10.1. The molecule has 2 aromatic rings. The number of halogens is 1. The van der Waals surface area contributed by atoms with Crippen molar-refractivity contribution < 1.29 is 19.4 Å². The second kappa shape index (κ2) is 6.41. The number of benzene rings is 2. The van der Waals surface area contributed by atoms with E-state index >= 15 is 0 Å². The molecule has 2 rings (SSSR count). The number of carboxylic acids is 1. The fourth-order valence-corrected chi connectivity index (χ4v) is 2.17. The number of hydrogen-bond acceptors (Lipinski definition) is 3. The molecule has 0 aliphatic rings. The highest BCUT2D eigenvalue weighted by atomic mass is 79.9. The monoisotopic (exact) mass is 349 g/mol. The molecule has 6 heteroatoms. The maximum atomic E-state index is 11.0. The summed E-state index contributed by atoms with van der Waals surface area (Å²) < 4.78 is 6.24. The van der Waals surface area contributed by atoms with Gasteiger partial charge >= 0.3 is 5.97 Å². The lowest BCUT2D eigenvalue weighted by atomic mass is 10.1. The van der Waals surface area contributed by atoms with Gasteiger partial charge in [0.15, 0.2) is 0 Å². The maximum Gasteiger partial charge on any atom is 0.335 e.